The Labute approximate surface area is 140 Å². The molecule has 2 aliphatic rings. The van der Waals surface area contributed by atoms with E-state index in [2.05, 4.69) is 15.2 Å². The van der Waals surface area contributed by atoms with Crippen LogP contribution in [-0.4, -0.2) is 21.4 Å². The van der Waals surface area contributed by atoms with Crippen molar-refractivity contribution < 1.29 is 9.59 Å². The van der Waals surface area contributed by atoms with Crippen molar-refractivity contribution in [3.63, 3.8) is 0 Å². The van der Waals surface area contributed by atoms with Crippen LogP contribution in [-0.2, 0) is 22.6 Å². The van der Waals surface area contributed by atoms with E-state index in [1.807, 2.05) is 24.3 Å². The molecule has 0 fully saturated rings. The number of anilines is 2. The number of hydrogen-bond donors (Lipinski definition) is 2. The van der Waals surface area contributed by atoms with Gasteiger partial charge in [0.25, 0.3) is 0 Å². The Morgan fingerprint density at radius 1 is 1.29 bits per heavy atom. The fraction of sp³-hybridized carbons (Fsp3) is 0.389. The Kier molecular flexibility index (Phi) is 3.59. The van der Waals surface area contributed by atoms with Crippen LogP contribution in [0.3, 0.4) is 0 Å². The van der Waals surface area contributed by atoms with E-state index in [-0.39, 0.29) is 17.7 Å². The molecule has 1 aromatic carbocycles. The molecule has 0 spiro atoms. The average Bonchev–Trinajstić information content (AvgIpc) is 2.93. The summed E-state index contributed by atoms with van der Waals surface area (Å²) in [6.07, 6.45) is 3.65. The van der Waals surface area contributed by atoms with Gasteiger partial charge in [-0.2, -0.15) is 0 Å². The minimum absolute atomic E-state index is 0.0294. The van der Waals surface area contributed by atoms with Crippen LogP contribution in [0.2, 0.25) is 0 Å². The van der Waals surface area contributed by atoms with Crippen molar-refractivity contribution in [3.05, 3.63) is 41.3 Å². The number of hydrogen-bond acceptors (Lipinski definition) is 3. The Hall–Kier alpha value is -2.63. The number of nitrogens with one attached hydrogen (secondary N) is 2. The molecule has 24 heavy (non-hydrogen) atoms. The normalized spacial score (nSPS) is 19.2. The zero-order valence-electron chi connectivity index (χ0n) is 13.6. The molecular weight excluding hydrogens is 304 g/mol. The quantitative estimate of drug-likeness (QED) is 0.891. The lowest BCUT2D eigenvalue weighted by molar-refractivity contribution is -0.117. The second kappa shape index (κ2) is 5.78. The van der Waals surface area contributed by atoms with Crippen LogP contribution in [0, 0.1) is 0 Å². The van der Waals surface area contributed by atoms with Crippen LogP contribution in [0.5, 0.6) is 0 Å². The van der Waals surface area contributed by atoms with Crippen molar-refractivity contribution in [1.29, 1.82) is 0 Å². The molecule has 0 aliphatic carbocycles. The van der Waals surface area contributed by atoms with Crippen LogP contribution in [0.25, 0.3) is 0 Å². The Morgan fingerprint density at radius 3 is 2.83 bits per heavy atom. The lowest BCUT2D eigenvalue weighted by atomic mass is 9.89. The molecule has 1 aromatic heterocycles. The fourth-order valence-corrected chi connectivity index (χ4v) is 3.62. The largest absolute Gasteiger partial charge is 0.326 e. The van der Waals surface area contributed by atoms with Gasteiger partial charge in [0.05, 0.1) is 5.69 Å². The summed E-state index contributed by atoms with van der Waals surface area (Å²) >= 11 is 0. The number of nitrogens with zero attached hydrogens (tertiary/aromatic N) is 2. The molecule has 0 saturated heterocycles. The molecule has 2 amide bonds. The fourth-order valence-electron chi connectivity index (χ4n) is 3.62. The molecule has 124 valence electrons. The molecule has 6 heteroatoms. The molecule has 1 unspecified atom stereocenters. The maximum absolute atomic E-state index is 12.2. The average molecular weight is 324 g/mol. The molecular formula is C18H20N4O2. The van der Waals surface area contributed by atoms with Gasteiger partial charge in [-0.25, -0.2) is 4.98 Å². The van der Waals surface area contributed by atoms with E-state index in [9.17, 15) is 9.59 Å². The molecule has 2 aliphatic heterocycles. The Bertz CT molecular complexity index is 807. The van der Waals surface area contributed by atoms with Gasteiger partial charge in [-0.15, -0.1) is 0 Å². The molecule has 6 nitrogen and oxygen atoms in total. The van der Waals surface area contributed by atoms with E-state index >= 15 is 0 Å². The standard InChI is InChI=1S/C18H20N4O2/c1-11(23)19-13-7-5-12(6-8-13)14-10-16(24)21-18-17(14)20-15-4-2-3-9-22(15)18/h5-8,14H,2-4,9-10H2,1H3,(H,19,23)(H,21,24). The summed E-state index contributed by atoms with van der Waals surface area (Å²) in [4.78, 5) is 28.2. The minimum atomic E-state index is -0.0937. The lowest BCUT2D eigenvalue weighted by Gasteiger charge is -2.24. The van der Waals surface area contributed by atoms with E-state index in [0.717, 1.165) is 54.4 Å². The topological polar surface area (TPSA) is 76.0 Å². The van der Waals surface area contributed by atoms with Crippen molar-refractivity contribution in [2.45, 2.75) is 45.1 Å². The second-order valence-electron chi connectivity index (χ2n) is 6.48. The number of rotatable bonds is 2. The predicted octanol–water partition coefficient (Wildman–Crippen LogP) is 2.65. The Morgan fingerprint density at radius 2 is 2.08 bits per heavy atom. The van der Waals surface area contributed by atoms with Crippen molar-refractivity contribution >= 4 is 23.3 Å². The minimum Gasteiger partial charge on any atom is -0.326 e. The van der Waals surface area contributed by atoms with Gasteiger partial charge in [-0.3, -0.25) is 9.59 Å². The van der Waals surface area contributed by atoms with Gasteiger partial charge in [0.2, 0.25) is 11.8 Å². The van der Waals surface area contributed by atoms with Crippen LogP contribution in [0.1, 0.15) is 49.2 Å². The number of amides is 2. The number of fused-ring (bicyclic) bond motifs is 3. The van der Waals surface area contributed by atoms with E-state index in [1.165, 1.54) is 6.92 Å². The number of aryl methyl sites for hydroxylation is 1. The molecule has 2 N–H and O–H groups in total. The summed E-state index contributed by atoms with van der Waals surface area (Å²) in [6, 6.07) is 7.69. The summed E-state index contributed by atoms with van der Waals surface area (Å²) in [5, 5.41) is 5.77. The molecule has 0 radical (unpaired) electrons. The summed E-state index contributed by atoms with van der Waals surface area (Å²) in [6.45, 7) is 2.41. The van der Waals surface area contributed by atoms with E-state index < -0.39 is 0 Å². The molecule has 1 atom stereocenters. The monoisotopic (exact) mass is 324 g/mol. The third-order valence-electron chi connectivity index (χ3n) is 4.72. The highest BCUT2D eigenvalue weighted by molar-refractivity contribution is 5.94. The first-order chi connectivity index (χ1) is 11.6. The molecule has 0 bridgehead atoms. The predicted molar refractivity (Wildman–Crippen MR) is 91.0 cm³/mol. The van der Waals surface area contributed by atoms with Crippen molar-refractivity contribution in [2.75, 3.05) is 10.6 Å². The van der Waals surface area contributed by atoms with Gasteiger partial charge in [-0.1, -0.05) is 12.1 Å². The van der Waals surface area contributed by atoms with Gasteiger partial charge < -0.3 is 15.2 Å². The number of aromatic nitrogens is 2. The number of imidazole rings is 1. The van der Waals surface area contributed by atoms with Crippen molar-refractivity contribution in [3.8, 4) is 0 Å². The van der Waals surface area contributed by atoms with Crippen molar-refractivity contribution in [2.24, 2.45) is 0 Å². The number of carbonyl (C=O) groups excluding carboxylic acids is 2. The highest BCUT2D eigenvalue weighted by atomic mass is 16.2. The van der Waals surface area contributed by atoms with Gasteiger partial charge >= 0.3 is 0 Å². The maximum Gasteiger partial charge on any atom is 0.226 e. The smallest absolute Gasteiger partial charge is 0.226 e. The van der Waals surface area contributed by atoms with Crippen molar-refractivity contribution in [1.82, 2.24) is 9.55 Å². The summed E-state index contributed by atoms with van der Waals surface area (Å²) in [7, 11) is 0. The van der Waals surface area contributed by atoms with Crippen LogP contribution < -0.4 is 10.6 Å². The molecule has 0 saturated carbocycles. The van der Waals surface area contributed by atoms with E-state index in [0.29, 0.717) is 6.42 Å². The third kappa shape index (κ3) is 2.58. The SMILES string of the molecule is CC(=O)Nc1ccc(C2CC(=O)Nc3c2nc2n3CCCC2)cc1. The Balaban J connectivity index is 1.70. The van der Waals surface area contributed by atoms with E-state index in [1.54, 1.807) is 0 Å². The maximum atomic E-state index is 12.2. The van der Waals surface area contributed by atoms with Crippen LogP contribution in [0.15, 0.2) is 24.3 Å². The summed E-state index contributed by atoms with van der Waals surface area (Å²) < 4.78 is 2.16. The molecule has 2 aromatic rings. The van der Waals surface area contributed by atoms with Gasteiger partial charge in [0, 0.05) is 37.9 Å². The van der Waals surface area contributed by atoms with Gasteiger partial charge in [-0.05, 0) is 30.5 Å². The van der Waals surface area contributed by atoms with Gasteiger partial charge in [0.15, 0.2) is 0 Å². The lowest BCUT2D eigenvalue weighted by Crippen LogP contribution is -2.25. The highest BCUT2D eigenvalue weighted by Crippen LogP contribution is 2.38. The molecule has 3 heterocycles. The summed E-state index contributed by atoms with van der Waals surface area (Å²) in [5.41, 5.74) is 2.78. The first kappa shape index (κ1) is 14.9. The number of benzene rings is 1. The second-order valence-corrected chi connectivity index (χ2v) is 6.48. The first-order valence-electron chi connectivity index (χ1n) is 8.38. The van der Waals surface area contributed by atoms with Crippen LogP contribution in [0.4, 0.5) is 11.5 Å². The highest BCUT2D eigenvalue weighted by Gasteiger charge is 2.33. The third-order valence-corrected chi connectivity index (χ3v) is 4.72. The van der Waals surface area contributed by atoms with Crippen LogP contribution >= 0.6 is 0 Å². The first-order valence-corrected chi connectivity index (χ1v) is 8.38. The van der Waals surface area contributed by atoms with E-state index in [4.69, 9.17) is 4.98 Å². The zero-order chi connectivity index (χ0) is 16.7. The molecule has 4 rings (SSSR count). The van der Waals surface area contributed by atoms with Gasteiger partial charge in [0.1, 0.15) is 11.6 Å². The number of carbonyl (C=O) groups is 2. The summed E-state index contributed by atoms with van der Waals surface area (Å²) in [5.74, 6) is 1.86. The zero-order valence-corrected chi connectivity index (χ0v) is 13.6.